The zero-order chi connectivity index (χ0) is 17.1. The highest BCUT2D eigenvalue weighted by atomic mass is 16.5. The number of fused-ring (bicyclic) bond motifs is 1. The molecule has 6 nitrogen and oxygen atoms in total. The topological polar surface area (TPSA) is 65.4 Å². The van der Waals surface area contributed by atoms with Crippen molar-refractivity contribution in [1.82, 2.24) is 14.9 Å². The molecule has 3 rings (SSSR count). The SMILES string of the molecule is Cc1cn2c(n1)CC[C@H](NC(=O)[C@@H](OC[C@H]1CCCO1)C(C)C)C2. The summed E-state index contributed by atoms with van der Waals surface area (Å²) in [6.45, 7) is 8.16. The molecule has 3 heterocycles. The van der Waals surface area contributed by atoms with Crippen molar-refractivity contribution < 1.29 is 14.3 Å². The second-order valence-corrected chi connectivity index (χ2v) is 7.33. The summed E-state index contributed by atoms with van der Waals surface area (Å²) in [5, 5.41) is 3.17. The van der Waals surface area contributed by atoms with Gasteiger partial charge in [-0.05, 0) is 32.1 Å². The van der Waals surface area contributed by atoms with E-state index in [1.165, 1.54) is 0 Å². The first-order valence-electron chi connectivity index (χ1n) is 9.09. The first kappa shape index (κ1) is 17.4. The zero-order valence-electron chi connectivity index (χ0n) is 15.0. The second kappa shape index (κ2) is 7.66. The van der Waals surface area contributed by atoms with Crippen molar-refractivity contribution in [1.29, 1.82) is 0 Å². The van der Waals surface area contributed by atoms with Crippen LogP contribution in [0.1, 0.15) is 44.6 Å². The number of imidazole rings is 1. The Bertz CT molecular complexity index is 564. The Labute approximate surface area is 143 Å². The molecule has 1 N–H and O–H groups in total. The van der Waals surface area contributed by atoms with Crippen molar-refractivity contribution >= 4 is 5.91 Å². The van der Waals surface area contributed by atoms with Crippen LogP contribution in [0.3, 0.4) is 0 Å². The molecule has 3 atom stereocenters. The number of rotatable bonds is 6. The monoisotopic (exact) mass is 335 g/mol. The van der Waals surface area contributed by atoms with E-state index in [0.29, 0.717) is 6.61 Å². The van der Waals surface area contributed by atoms with E-state index in [1.807, 2.05) is 20.8 Å². The van der Waals surface area contributed by atoms with Gasteiger partial charge in [0.1, 0.15) is 11.9 Å². The minimum absolute atomic E-state index is 0.00622. The van der Waals surface area contributed by atoms with Crippen LogP contribution >= 0.6 is 0 Å². The molecule has 1 fully saturated rings. The van der Waals surface area contributed by atoms with Gasteiger partial charge in [-0.25, -0.2) is 4.98 Å². The summed E-state index contributed by atoms with van der Waals surface area (Å²) in [6.07, 6.45) is 5.73. The number of hydrogen-bond donors (Lipinski definition) is 1. The molecule has 6 heteroatoms. The molecule has 0 aliphatic carbocycles. The Morgan fingerprint density at radius 1 is 1.50 bits per heavy atom. The molecule has 0 saturated carbocycles. The quantitative estimate of drug-likeness (QED) is 0.861. The highest BCUT2D eigenvalue weighted by Gasteiger charge is 2.29. The fourth-order valence-electron chi connectivity index (χ4n) is 3.55. The first-order chi connectivity index (χ1) is 11.5. The van der Waals surface area contributed by atoms with Crippen LogP contribution in [-0.4, -0.2) is 46.9 Å². The van der Waals surface area contributed by atoms with Crippen LogP contribution in [0.15, 0.2) is 6.20 Å². The Morgan fingerprint density at radius 3 is 3.04 bits per heavy atom. The molecule has 1 aromatic heterocycles. The summed E-state index contributed by atoms with van der Waals surface area (Å²) in [4.78, 5) is 17.2. The number of carbonyl (C=O) groups excluding carboxylic acids is 1. The number of hydrogen-bond acceptors (Lipinski definition) is 4. The number of ether oxygens (including phenoxy) is 2. The van der Waals surface area contributed by atoms with Gasteiger partial charge in [0.15, 0.2) is 0 Å². The van der Waals surface area contributed by atoms with Crippen LogP contribution in [0.4, 0.5) is 0 Å². The maximum Gasteiger partial charge on any atom is 0.249 e. The normalized spacial score (nSPS) is 24.8. The molecule has 134 valence electrons. The summed E-state index contributed by atoms with van der Waals surface area (Å²) >= 11 is 0. The number of aryl methyl sites for hydroxylation is 2. The predicted octanol–water partition coefficient (Wildman–Crippen LogP) is 1.84. The minimum Gasteiger partial charge on any atom is -0.376 e. The average molecular weight is 335 g/mol. The molecule has 1 saturated heterocycles. The highest BCUT2D eigenvalue weighted by Crippen LogP contribution is 2.18. The van der Waals surface area contributed by atoms with Gasteiger partial charge < -0.3 is 19.4 Å². The van der Waals surface area contributed by atoms with Crippen LogP contribution in [0.2, 0.25) is 0 Å². The molecular formula is C18H29N3O3. The lowest BCUT2D eigenvalue weighted by Gasteiger charge is -2.28. The van der Waals surface area contributed by atoms with E-state index in [-0.39, 0.29) is 24.0 Å². The molecule has 1 aromatic rings. The Morgan fingerprint density at radius 2 is 2.33 bits per heavy atom. The van der Waals surface area contributed by atoms with E-state index in [2.05, 4.69) is 21.1 Å². The zero-order valence-corrected chi connectivity index (χ0v) is 15.0. The van der Waals surface area contributed by atoms with Gasteiger partial charge >= 0.3 is 0 Å². The lowest BCUT2D eigenvalue weighted by atomic mass is 10.0. The van der Waals surface area contributed by atoms with Gasteiger partial charge in [0, 0.05) is 31.8 Å². The lowest BCUT2D eigenvalue weighted by molar-refractivity contribution is -0.139. The van der Waals surface area contributed by atoms with Gasteiger partial charge in [0.2, 0.25) is 5.91 Å². The summed E-state index contributed by atoms with van der Waals surface area (Å²) in [7, 11) is 0. The summed E-state index contributed by atoms with van der Waals surface area (Å²) in [5.74, 6) is 1.25. The van der Waals surface area contributed by atoms with Gasteiger partial charge in [-0.2, -0.15) is 0 Å². The maximum atomic E-state index is 12.7. The largest absolute Gasteiger partial charge is 0.376 e. The summed E-state index contributed by atoms with van der Waals surface area (Å²) < 4.78 is 13.6. The third-order valence-electron chi connectivity index (χ3n) is 4.81. The highest BCUT2D eigenvalue weighted by molar-refractivity contribution is 5.81. The van der Waals surface area contributed by atoms with Gasteiger partial charge in [-0.3, -0.25) is 4.79 Å². The third-order valence-corrected chi connectivity index (χ3v) is 4.81. The Balaban J connectivity index is 1.53. The van der Waals surface area contributed by atoms with E-state index in [1.54, 1.807) is 0 Å². The number of carbonyl (C=O) groups is 1. The first-order valence-corrected chi connectivity index (χ1v) is 9.09. The molecule has 24 heavy (non-hydrogen) atoms. The Hall–Kier alpha value is -1.40. The standard InChI is InChI=1S/C18H29N3O3/c1-12(2)17(24-11-15-5-4-8-23-15)18(22)20-14-6-7-16-19-13(3)9-21(16)10-14/h9,12,14-15,17H,4-8,10-11H2,1-3H3,(H,20,22)/t14-,15+,17-/m0/s1. The molecule has 0 bridgehead atoms. The molecule has 0 unspecified atom stereocenters. The fourth-order valence-corrected chi connectivity index (χ4v) is 3.55. The van der Waals surface area contributed by atoms with E-state index in [0.717, 1.165) is 50.4 Å². The van der Waals surface area contributed by atoms with Crippen LogP contribution < -0.4 is 5.32 Å². The molecule has 0 aromatic carbocycles. The van der Waals surface area contributed by atoms with E-state index in [9.17, 15) is 4.79 Å². The number of nitrogens with zero attached hydrogens (tertiary/aromatic N) is 2. The number of aromatic nitrogens is 2. The molecule has 0 radical (unpaired) electrons. The molecular weight excluding hydrogens is 306 g/mol. The van der Waals surface area contributed by atoms with Gasteiger partial charge in [-0.1, -0.05) is 13.8 Å². The molecule has 2 aliphatic rings. The number of amides is 1. The van der Waals surface area contributed by atoms with Crippen molar-refractivity contribution in [2.45, 2.75) is 71.2 Å². The van der Waals surface area contributed by atoms with Crippen molar-refractivity contribution in [2.75, 3.05) is 13.2 Å². The van der Waals surface area contributed by atoms with E-state index >= 15 is 0 Å². The van der Waals surface area contributed by atoms with Crippen LogP contribution in [0, 0.1) is 12.8 Å². The fraction of sp³-hybridized carbons (Fsp3) is 0.778. The molecule has 1 amide bonds. The van der Waals surface area contributed by atoms with Crippen LogP contribution in [0.25, 0.3) is 0 Å². The molecule has 2 aliphatic heterocycles. The third kappa shape index (κ3) is 4.16. The van der Waals surface area contributed by atoms with Gasteiger partial charge in [0.25, 0.3) is 0 Å². The van der Waals surface area contributed by atoms with E-state index < -0.39 is 6.10 Å². The van der Waals surface area contributed by atoms with Crippen molar-refractivity contribution in [2.24, 2.45) is 5.92 Å². The lowest BCUT2D eigenvalue weighted by Crippen LogP contribution is -2.48. The van der Waals surface area contributed by atoms with Crippen molar-refractivity contribution in [3.05, 3.63) is 17.7 Å². The second-order valence-electron chi connectivity index (χ2n) is 7.33. The molecule has 0 spiro atoms. The maximum absolute atomic E-state index is 12.7. The number of nitrogens with one attached hydrogen (secondary N) is 1. The van der Waals surface area contributed by atoms with Crippen LogP contribution in [0.5, 0.6) is 0 Å². The van der Waals surface area contributed by atoms with E-state index in [4.69, 9.17) is 9.47 Å². The Kier molecular flexibility index (Phi) is 5.56. The summed E-state index contributed by atoms with van der Waals surface area (Å²) in [5.41, 5.74) is 1.04. The van der Waals surface area contributed by atoms with Crippen molar-refractivity contribution in [3.63, 3.8) is 0 Å². The predicted molar refractivity (Wildman–Crippen MR) is 90.8 cm³/mol. The average Bonchev–Trinajstić information content (AvgIpc) is 3.15. The minimum atomic E-state index is -0.417. The van der Waals surface area contributed by atoms with Gasteiger partial charge in [0.05, 0.1) is 18.4 Å². The summed E-state index contributed by atoms with van der Waals surface area (Å²) in [6, 6.07) is 0.145. The van der Waals surface area contributed by atoms with Gasteiger partial charge in [-0.15, -0.1) is 0 Å². The van der Waals surface area contributed by atoms with Crippen molar-refractivity contribution in [3.8, 4) is 0 Å². The van der Waals surface area contributed by atoms with Crippen LogP contribution in [-0.2, 0) is 27.2 Å². The smallest absolute Gasteiger partial charge is 0.249 e.